The number of nitrogens with zero attached hydrogens (tertiary/aromatic N) is 1. The van der Waals surface area contributed by atoms with Gasteiger partial charge < -0.3 is 4.74 Å². The minimum atomic E-state index is -0.356. The third-order valence-corrected chi connectivity index (χ3v) is 5.20. The van der Waals surface area contributed by atoms with Gasteiger partial charge in [0.25, 0.3) is 5.91 Å². The van der Waals surface area contributed by atoms with Crippen LogP contribution in [0, 0.1) is 0 Å². The number of rotatable bonds is 4. The molecule has 3 rings (SSSR count). The van der Waals surface area contributed by atoms with Crippen LogP contribution in [0.3, 0.4) is 0 Å². The van der Waals surface area contributed by atoms with Gasteiger partial charge >= 0.3 is 0 Å². The number of benzene rings is 2. The van der Waals surface area contributed by atoms with Gasteiger partial charge in [0.1, 0.15) is 10.6 Å². The minimum absolute atomic E-state index is 0.356. The molecule has 1 N–H and O–H groups in total. The van der Waals surface area contributed by atoms with E-state index in [1.165, 1.54) is 11.3 Å². The Morgan fingerprint density at radius 2 is 1.96 bits per heavy atom. The van der Waals surface area contributed by atoms with E-state index in [9.17, 15) is 4.79 Å². The standard InChI is InChI=1S/C17H12Cl2N2O2S/c1-23-12-6-7-13-14(8-12)24-16(15(13)19)17(22)21-20-9-10-2-4-11(18)5-3-10/h2-9H,1H3,(H,21,22)/b20-9-. The summed E-state index contributed by atoms with van der Waals surface area (Å²) < 4.78 is 6.07. The summed E-state index contributed by atoms with van der Waals surface area (Å²) in [7, 11) is 1.59. The highest BCUT2D eigenvalue weighted by atomic mass is 35.5. The van der Waals surface area contributed by atoms with Crippen molar-refractivity contribution in [3.05, 3.63) is 63.0 Å². The molecule has 122 valence electrons. The lowest BCUT2D eigenvalue weighted by molar-refractivity contribution is 0.0959. The Morgan fingerprint density at radius 3 is 2.67 bits per heavy atom. The van der Waals surface area contributed by atoms with Crippen LogP contribution in [-0.2, 0) is 0 Å². The molecule has 1 heterocycles. The molecule has 0 spiro atoms. The molecule has 0 bridgehead atoms. The number of amides is 1. The van der Waals surface area contributed by atoms with Gasteiger partial charge in [-0.25, -0.2) is 5.43 Å². The molecule has 0 radical (unpaired) electrons. The molecule has 0 saturated heterocycles. The van der Waals surface area contributed by atoms with Gasteiger partial charge in [-0.3, -0.25) is 4.79 Å². The van der Waals surface area contributed by atoms with Crippen LogP contribution >= 0.6 is 34.5 Å². The molecule has 0 atom stereocenters. The van der Waals surface area contributed by atoms with Crippen molar-refractivity contribution in [2.75, 3.05) is 7.11 Å². The number of thiophene rings is 1. The molecule has 3 aromatic rings. The van der Waals surface area contributed by atoms with Crippen molar-refractivity contribution in [1.29, 1.82) is 0 Å². The smallest absolute Gasteiger partial charge is 0.283 e. The summed E-state index contributed by atoms with van der Waals surface area (Å²) >= 11 is 13.4. The first kappa shape index (κ1) is 16.8. The van der Waals surface area contributed by atoms with Crippen molar-refractivity contribution in [1.82, 2.24) is 5.43 Å². The molecule has 4 nitrogen and oxygen atoms in total. The molecule has 2 aromatic carbocycles. The van der Waals surface area contributed by atoms with Crippen molar-refractivity contribution in [3.8, 4) is 5.75 Å². The summed E-state index contributed by atoms with van der Waals surface area (Å²) in [5, 5.41) is 5.82. The average molecular weight is 379 g/mol. The Morgan fingerprint density at radius 1 is 1.21 bits per heavy atom. The van der Waals surface area contributed by atoms with Crippen LogP contribution in [0.25, 0.3) is 10.1 Å². The number of halogens is 2. The number of carbonyl (C=O) groups excluding carboxylic acids is 1. The third kappa shape index (κ3) is 3.53. The van der Waals surface area contributed by atoms with E-state index in [4.69, 9.17) is 27.9 Å². The molecule has 1 amide bonds. The maximum atomic E-state index is 12.3. The zero-order valence-electron chi connectivity index (χ0n) is 12.5. The fraction of sp³-hybridized carbons (Fsp3) is 0.0588. The van der Waals surface area contributed by atoms with E-state index in [0.29, 0.717) is 20.7 Å². The first-order valence-electron chi connectivity index (χ1n) is 6.93. The fourth-order valence-corrected chi connectivity index (χ4v) is 3.64. The van der Waals surface area contributed by atoms with E-state index in [-0.39, 0.29) is 5.91 Å². The monoisotopic (exact) mass is 378 g/mol. The van der Waals surface area contributed by atoms with E-state index >= 15 is 0 Å². The van der Waals surface area contributed by atoms with Gasteiger partial charge in [-0.2, -0.15) is 5.10 Å². The highest BCUT2D eigenvalue weighted by Gasteiger charge is 2.17. The molecular formula is C17H12Cl2N2O2S. The first-order chi connectivity index (χ1) is 11.6. The van der Waals surface area contributed by atoms with Crippen molar-refractivity contribution in [2.45, 2.75) is 0 Å². The Hall–Kier alpha value is -2.08. The summed E-state index contributed by atoms with van der Waals surface area (Å²) in [6.45, 7) is 0. The average Bonchev–Trinajstić information content (AvgIpc) is 2.93. The summed E-state index contributed by atoms with van der Waals surface area (Å²) in [6.07, 6.45) is 1.54. The second-order valence-corrected chi connectivity index (χ2v) is 6.72. The van der Waals surface area contributed by atoms with Gasteiger partial charge in [-0.05, 0) is 35.9 Å². The number of carbonyl (C=O) groups is 1. The number of methoxy groups -OCH3 is 1. The molecular weight excluding hydrogens is 367 g/mol. The lowest BCUT2D eigenvalue weighted by Crippen LogP contribution is -2.16. The minimum Gasteiger partial charge on any atom is -0.497 e. The maximum Gasteiger partial charge on any atom is 0.283 e. The summed E-state index contributed by atoms with van der Waals surface area (Å²) in [5.41, 5.74) is 3.31. The van der Waals surface area contributed by atoms with E-state index in [1.54, 1.807) is 43.7 Å². The molecule has 24 heavy (non-hydrogen) atoms. The Balaban J connectivity index is 1.78. The van der Waals surface area contributed by atoms with Crippen molar-refractivity contribution >= 4 is 56.7 Å². The number of fused-ring (bicyclic) bond motifs is 1. The Bertz CT molecular complexity index is 920. The van der Waals surface area contributed by atoms with Gasteiger partial charge in [0.15, 0.2) is 0 Å². The fourth-order valence-electron chi connectivity index (χ4n) is 2.08. The largest absolute Gasteiger partial charge is 0.497 e. The van der Waals surface area contributed by atoms with Crippen LogP contribution in [0.2, 0.25) is 10.0 Å². The molecule has 0 aliphatic carbocycles. The zero-order valence-corrected chi connectivity index (χ0v) is 14.9. The van der Waals surface area contributed by atoms with Gasteiger partial charge in [0.2, 0.25) is 0 Å². The molecule has 0 aliphatic rings. The molecule has 0 aliphatic heterocycles. The van der Waals surface area contributed by atoms with Crippen molar-refractivity contribution < 1.29 is 9.53 Å². The number of nitrogens with one attached hydrogen (secondary N) is 1. The van der Waals surface area contributed by atoms with Gasteiger partial charge in [-0.1, -0.05) is 35.3 Å². The Kier molecular flexibility index (Phi) is 5.04. The summed E-state index contributed by atoms with van der Waals surface area (Å²) in [4.78, 5) is 12.7. The summed E-state index contributed by atoms with van der Waals surface area (Å²) in [5.74, 6) is 0.360. The predicted octanol–water partition coefficient (Wildman–Crippen LogP) is 4.98. The SMILES string of the molecule is COc1ccc2c(Cl)c(C(=O)N/N=C\c3ccc(Cl)cc3)sc2c1. The van der Waals surface area contributed by atoms with E-state index in [0.717, 1.165) is 15.6 Å². The van der Waals surface area contributed by atoms with Crippen LogP contribution in [0.15, 0.2) is 47.6 Å². The van der Waals surface area contributed by atoms with Gasteiger partial charge in [0, 0.05) is 15.1 Å². The molecule has 0 saturated carbocycles. The number of ether oxygens (including phenoxy) is 1. The molecule has 1 aromatic heterocycles. The number of hydrogen-bond acceptors (Lipinski definition) is 4. The molecule has 0 unspecified atom stereocenters. The van der Waals surface area contributed by atoms with E-state index in [1.807, 2.05) is 12.1 Å². The first-order valence-corrected chi connectivity index (χ1v) is 8.51. The topological polar surface area (TPSA) is 50.7 Å². The zero-order chi connectivity index (χ0) is 17.1. The number of hydrogen-bond donors (Lipinski definition) is 1. The lowest BCUT2D eigenvalue weighted by atomic mass is 10.2. The normalized spacial score (nSPS) is 11.1. The van der Waals surface area contributed by atoms with Crippen LogP contribution in [0.5, 0.6) is 5.75 Å². The van der Waals surface area contributed by atoms with E-state index in [2.05, 4.69) is 10.5 Å². The third-order valence-electron chi connectivity index (χ3n) is 3.29. The Labute approximate surface area is 152 Å². The quantitative estimate of drug-likeness (QED) is 0.513. The second-order valence-electron chi connectivity index (χ2n) is 4.86. The number of hydrazone groups is 1. The van der Waals surface area contributed by atoms with Crippen molar-refractivity contribution in [3.63, 3.8) is 0 Å². The highest BCUT2D eigenvalue weighted by Crippen LogP contribution is 2.37. The van der Waals surface area contributed by atoms with Crippen LogP contribution in [0.4, 0.5) is 0 Å². The van der Waals surface area contributed by atoms with Gasteiger partial charge in [0.05, 0.1) is 18.3 Å². The van der Waals surface area contributed by atoms with Gasteiger partial charge in [-0.15, -0.1) is 11.3 Å². The van der Waals surface area contributed by atoms with Crippen LogP contribution in [-0.4, -0.2) is 19.2 Å². The van der Waals surface area contributed by atoms with Crippen LogP contribution < -0.4 is 10.2 Å². The molecule has 7 heteroatoms. The second kappa shape index (κ2) is 7.21. The van der Waals surface area contributed by atoms with Crippen LogP contribution in [0.1, 0.15) is 15.2 Å². The lowest BCUT2D eigenvalue weighted by Gasteiger charge is -1.98. The molecule has 0 fully saturated rings. The van der Waals surface area contributed by atoms with Crippen molar-refractivity contribution in [2.24, 2.45) is 5.10 Å². The maximum absolute atomic E-state index is 12.3. The van der Waals surface area contributed by atoms with E-state index < -0.39 is 0 Å². The highest BCUT2D eigenvalue weighted by molar-refractivity contribution is 7.21. The summed E-state index contributed by atoms with van der Waals surface area (Å²) in [6, 6.07) is 12.6. The predicted molar refractivity (Wildman–Crippen MR) is 99.9 cm³/mol.